The number of rotatable bonds is 9. The third kappa shape index (κ3) is 9.80. The first kappa shape index (κ1) is 12.9. The summed E-state index contributed by atoms with van der Waals surface area (Å²) in [5.41, 5.74) is 0. The van der Waals surface area contributed by atoms with Crippen LogP contribution < -0.4 is 5.32 Å². The van der Waals surface area contributed by atoms with Crippen LogP contribution in [-0.4, -0.2) is 39.5 Å². The molecule has 0 aliphatic rings. The summed E-state index contributed by atoms with van der Waals surface area (Å²) < 4.78 is 10.3. The Hall–Kier alpha value is -0.120. The molecule has 80 valence electrons. The summed E-state index contributed by atoms with van der Waals surface area (Å²) >= 11 is 0. The molecule has 0 aromatic rings. The van der Waals surface area contributed by atoms with Crippen molar-refractivity contribution in [3.05, 3.63) is 0 Å². The first-order valence-electron chi connectivity index (χ1n) is 5.11. The molecule has 0 heterocycles. The number of methoxy groups -OCH3 is 1. The number of nitrogens with one attached hydrogen (secondary N) is 1. The fraction of sp³-hybridized carbons (Fsp3) is 1.00. The van der Waals surface area contributed by atoms with Crippen LogP contribution in [0.1, 0.15) is 26.7 Å². The molecule has 0 aromatic heterocycles. The van der Waals surface area contributed by atoms with Crippen LogP contribution in [0.15, 0.2) is 0 Å². The molecule has 1 N–H and O–H groups in total. The lowest BCUT2D eigenvalue weighted by atomic mass is 10.2. The molecule has 0 aliphatic heterocycles. The van der Waals surface area contributed by atoms with Gasteiger partial charge in [0.25, 0.3) is 0 Å². The maximum absolute atomic E-state index is 5.43. The van der Waals surface area contributed by atoms with Crippen molar-refractivity contribution in [2.75, 3.05) is 33.5 Å². The van der Waals surface area contributed by atoms with Crippen molar-refractivity contribution in [1.82, 2.24) is 5.32 Å². The lowest BCUT2D eigenvalue weighted by Gasteiger charge is -2.11. The number of hydrogen-bond donors (Lipinski definition) is 1. The van der Waals surface area contributed by atoms with Gasteiger partial charge in [-0.2, -0.15) is 0 Å². The summed E-state index contributed by atoms with van der Waals surface area (Å²) in [6.45, 7) is 7.79. The minimum atomic E-state index is 0.562. The highest BCUT2D eigenvalue weighted by Crippen LogP contribution is 1.92. The maximum atomic E-state index is 5.43. The van der Waals surface area contributed by atoms with Crippen molar-refractivity contribution in [2.24, 2.45) is 0 Å². The molecule has 0 amide bonds. The van der Waals surface area contributed by atoms with Crippen LogP contribution in [0.25, 0.3) is 0 Å². The van der Waals surface area contributed by atoms with Gasteiger partial charge in [0.1, 0.15) is 0 Å². The van der Waals surface area contributed by atoms with E-state index in [0.717, 1.165) is 39.2 Å². The largest absolute Gasteiger partial charge is 0.385 e. The highest BCUT2D eigenvalue weighted by Gasteiger charge is 1.98. The lowest BCUT2D eigenvalue weighted by molar-refractivity contribution is 0.0974. The molecule has 0 aliphatic carbocycles. The Kier molecular flexibility index (Phi) is 9.87. The van der Waals surface area contributed by atoms with Crippen LogP contribution in [0.4, 0.5) is 0 Å². The van der Waals surface area contributed by atoms with Crippen molar-refractivity contribution in [1.29, 1.82) is 0 Å². The van der Waals surface area contributed by atoms with E-state index in [1.165, 1.54) is 0 Å². The monoisotopic (exact) mass is 189 g/mol. The smallest absolute Gasteiger partial charge is 0.0487 e. The lowest BCUT2D eigenvalue weighted by Crippen LogP contribution is -2.26. The summed E-state index contributed by atoms with van der Waals surface area (Å²) in [5.74, 6) is 0. The summed E-state index contributed by atoms with van der Waals surface area (Å²) in [6.07, 6.45) is 2.08. The van der Waals surface area contributed by atoms with E-state index in [1.807, 2.05) is 0 Å². The van der Waals surface area contributed by atoms with Gasteiger partial charge < -0.3 is 14.8 Å². The van der Waals surface area contributed by atoms with E-state index < -0.39 is 0 Å². The molecule has 0 saturated carbocycles. The third-order valence-electron chi connectivity index (χ3n) is 1.88. The first-order valence-corrected chi connectivity index (χ1v) is 5.11. The molecule has 0 spiro atoms. The topological polar surface area (TPSA) is 30.5 Å². The van der Waals surface area contributed by atoms with Gasteiger partial charge in [-0.25, -0.2) is 0 Å². The van der Waals surface area contributed by atoms with Crippen LogP contribution in [0, 0.1) is 0 Å². The van der Waals surface area contributed by atoms with Crippen LogP contribution in [0.2, 0.25) is 0 Å². The fourth-order valence-corrected chi connectivity index (χ4v) is 1.12. The van der Waals surface area contributed by atoms with Crippen molar-refractivity contribution >= 4 is 0 Å². The van der Waals surface area contributed by atoms with Crippen molar-refractivity contribution < 1.29 is 9.47 Å². The Morgan fingerprint density at radius 1 is 1.23 bits per heavy atom. The first-order chi connectivity index (χ1) is 6.31. The van der Waals surface area contributed by atoms with E-state index in [0.29, 0.717) is 6.04 Å². The second-order valence-corrected chi connectivity index (χ2v) is 3.21. The second kappa shape index (κ2) is 9.96. The Morgan fingerprint density at radius 2 is 2.00 bits per heavy atom. The van der Waals surface area contributed by atoms with Gasteiger partial charge >= 0.3 is 0 Å². The minimum Gasteiger partial charge on any atom is -0.385 e. The Balaban J connectivity index is 2.97. The van der Waals surface area contributed by atoms with Gasteiger partial charge in [-0.15, -0.1) is 0 Å². The quantitative estimate of drug-likeness (QED) is 0.557. The van der Waals surface area contributed by atoms with Crippen LogP contribution in [-0.2, 0) is 9.47 Å². The van der Waals surface area contributed by atoms with Gasteiger partial charge in [-0.05, 0) is 26.3 Å². The molecule has 0 saturated heterocycles. The maximum Gasteiger partial charge on any atom is 0.0487 e. The average Bonchev–Trinajstić information content (AvgIpc) is 2.11. The van der Waals surface area contributed by atoms with Crippen LogP contribution >= 0.6 is 0 Å². The average molecular weight is 189 g/mol. The summed E-state index contributed by atoms with van der Waals surface area (Å²) in [6, 6.07) is 0.562. The Labute approximate surface area is 81.8 Å². The van der Waals surface area contributed by atoms with Gasteiger partial charge in [0.05, 0.1) is 0 Å². The second-order valence-electron chi connectivity index (χ2n) is 3.21. The van der Waals surface area contributed by atoms with Gasteiger partial charge in [0, 0.05) is 33.0 Å². The number of ether oxygens (including phenoxy) is 2. The van der Waals surface area contributed by atoms with E-state index >= 15 is 0 Å². The molecule has 3 nitrogen and oxygen atoms in total. The molecule has 0 rings (SSSR count). The molecular formula is C10H23NO2. The zero-order valence-electron chi connectivity index (χ0n) is 9.14. The van der Waals surface area contributed by atoms with Gasteiger partial charge in [-0.1, -0.05) is 6.92 Å². The zero-order valence-corrected chi connectivity index (χ0v) is 9.14. The molecular weight excluding hydrogens is 166 g/mol. The molecule has 0 aromatic carbocycles. The SMILES string of the molecule is CCNC(C)CCOCCCOC. The third-order valence-corrected chi connectivity index (χ3v) is 1.88. The predicted molar refractivity (Wildman–Crippen MR) is 55.1 cm³/mol. The van der Waals surface area contributed by atoms with Gasteiger partial charge in [0.2, 0.25) is 0 Å². The van der Waals surface area contributed by atoms with E-state index in [4.69, 9.17) is 9.47 Å². The molecule has 3 heteroatoms. The van der Waals surface area contributed by atoms with E-state index in [9.17, 15) is 0 Å². The highest BCUT2D eigenvalue weighted by atomic mass is 16.5. The van der Waals surface area contributed by atoms with Crippen molar-refractivity contribution in [3.8, 4) is 0 Å². The highest BCUT2D eigenvalue weighted by molar-refractivity contribution is 4.57. The normalized spacial score (nSPS) is 13.2. The molecule has 1 atom stereocenters. The number of hydrogen-bond acceptors (Lipinski definition) is 3. The molecule has 1 unspecified atom stereocenters. The summed E-state index contributed by atoms with van der Waals surface area (Å²) in [7, 11) is 1.72. The van der Waals surface area contributed by atoms with E-state index in [1.54, 1.807) is 7.11 Å². The molecule has 0 bridgehead atoms. The van der Waals surface area contributed by atoms with Gasteiger partial charge in [-0.3, -0.25) is 0 Å². The molecule has 0 radical (unpaired) electrons. The van der Waals surface area contributed by atoms with Crippen LogP contribution in [0.5, 0.6) is 0 Å². The summed E-state index contributed by atoms with van der Waals surface area (Å²) in [4.78, 5) is 0. The zero-order chi connectivity index (χ0) is 9.94. The minimum absolute atomic E-state index is 0.562. The van der Waals surface area contributed by atoms with E-state index in [2.05, 4.69) is 19.2 Å². The van der Waals surface area contributed by atoms with Gasteiger partial charge in [0.15, 0.2) is 0 Å². The van der Waals surface area contributed by atoms with E-state index in [-0.39, 0.29) is 0 Å². The Morgan fingerprint density at radius 3 is 2.62 bits per heavy atom. The van der Waals surface area contributed by atoms with Crippen molar-refractivity contribution in [3.63, 3.8) is 0 Å². The molecule has 13 heavy (non-hydrogen) atoms. The predicted octanol–water partition coefficient (Wildman–Crippen LogP) is 1.43. The van der Waals surface area contributed by atoms with Crippen molar-refractivity contribution in [2.45, 2.75) is 32.7 Å². The standard InChI is InChI=1S/C10H23NO2/c1-4-11-10(2)6-9-13-8-5-7-12-3/h10-11H,4-9H2,1-3H3. The Bertz CT molecular complexity index is 98.9. The fourth-order valence-electron chi connectivity index (χ4n) is 1.12. The van der Waals surface area contributed by atoms with Crippen LogP contribution in [0.3, 0.4) is 0 Å². The molecule has 0 fully saturated rings. The summed E-state index contributed by atoms with van der Waals surface area (Å²) in [5, 5.41) is 3.34.